The number of carbonyl (C=O) groups excluding carboxylic acids is 3. The molecule has 2 aromatic rings. The highest BCUT2D eigenvalue weighted by atomic mass is 16.6. The minimum atomic E-state index is -0.630. The molecule has 146 valence electrons. The maximum Gasteiger partial charge on any atom is 0.357 e. The van der Waals surface area contributed by atoms with Gasteiger partial charge >= 0.3 is 17.9 Å². The molecule has 3 rings (SSSR count). The van der Waals surface area contributed by atoms with E-state index < -0.39 is 23.5 Å². The normalized spacial score (nSPS) is 12.0. The summed E-state index contributed by atoms with van der Waals surface area (Å²) < 4.78 is 14.9. The lowest BCUT2D eigenvalue weighted by molar-refractivity contribution is 0.00622. The Hall–Kier alpha value is -3.22. The first-order chi connectivity index (χ1) is 13.1. The van der Waals surface area contributed by atoms with Crippen molar-refractivity contribution in [2.45, 2.75) is 32.8 Å². The standard InChI is InChI=1S/C21H21NO6/c1-21(2,3)28-20(25)16-7-6-12-13-10-15(19(24)27-5)14(18(23)26-4)8-11(13)9-17(12)22-16/h6-8,10H,9H2,1-5H3. The molecule has 1 heterocycles. The Bertz CT molecular complexity index is 987. The SMILES string of the molecule is COC(=O)c1cc2c(cc1C(=O)OC)-c1ccc(C(=O)OC(C)(C)C)nc1C2. The Morgan fingerprint density at radius 3 is 2.07 bits per heavy atom. The maximum atomic E-state index is 12.3. The molecule has 0 unspecified atom stereocenters. The summed E-state index contributed by atoms with van der Waals surface area (Å²) in [5.74, 6) is -1.76. The van der Waals surface area contributed by atoms with Crippen LogP contribution >= 0.6 is 0 Å². The van der Waals surface area contributed by atoms with Gasteiger partial charge in [-0.15, -0.1) is 0 Å². The van der Waals surface area contributed by atoms with Crippen LogP contribution in [0.25, 0.3) is 11.1 Å². The van der Waals surface area contributed by atoms with Crippen molar-refractivity contribution < 1.29 is 28.6 Å². The van der Waals surface area contributed by atoms with Gasteiger partial charge in [0.15, 0.2) is 0 Å². The van der Waals surface area contributed by atoms with Crippen LogP contribution in [0, 0.1) is 0 Å². The van der Waals surface area contributed by atoms with Crippen LogP contribution in [-0.4, -0.2) is 42.7 Å². The number of rotatable bonds is 3. The number of nitrogens with zero attached hydrogens (tertiary/aromatic N) is 1. The summed E-state index contributed by atoms with van der Waals surface area (Å²) in [4.78, 5) is 41.0. The Labute approximate surface area is 162 Å². The van der Waals surface area contributed by atoms with Crippen molar-refractivity contribution in [1.29, 1.82) is 0 Å². The van der Waals surface area contributed by atoms with E-state index >= 15 is 0 Å². The number of fused-ring (bicyclic) bond motifs is 3. The van der Waals surface area contributed by atoms with E-state index in [-0.39, 0.29) is 16.8 Å². The van der Waals surface area contributed by atoms with E-state index in [1.54, 1.807) is 45.0 Å². The first-order valence-corrected chi connectivity index (χ1v) is 8.72. The highest BCUT2D eigenvalue weighted by Gasteiger charge is 2.28. The number of methoxy groups -OCH3 is 2. The van der Waals surface area contributed by atoms with Crippen molar-refractivity contribution in [1.82, 2.24) is 4.98 Å². The summed E-state index contributed by atoms with van der Waals surface area (Å²) in [5, 5.41) is 0. The molecule has 0 saturated carbocycles. The first-order valence-electron chi connectivity index (χ1n) is 8.72. The van der Waals surface area contributed by atoms with Gasteiger partial charge in [-0.1, -0.05) is 6.07 Å². The molecule has 1 aromatic heterocycles. The van der Waals surface area contributed by atoms with E-state index in [1.165, 1.54) is 14.2 Å². The van der Waals surface area contributed by atoms with E-state index in [0.29, 0.717) is 12.1 Å². The van der Waals surface area contributed by atoms with Gasteiger partial charge in [0.05, 0.1) is 31.0 Å². The summed E-state index contributed by atoms with van der Waals surface area (Å²) in [5.41, 5.74) is 2.91. The number of pyridine rings is 1. The number of carbonyl (C=O) groups is 3. The van der Waals surface area contributed by atoms with Crippen LogP contribution in [0.1, 0.15) is 63.2 Å². The average Bonchev–Trinajstić information content (AvgIpc) is 3.00. The molecule has 1 aromatic carbocycles. The zero-order chi connectivity index (χ0) is 20.6. The fourth-order valence-corrected chi connectivity index (χ4v) is 3.10. The highest BCUT2D eigenvalue weighted by Crippen LogP contribution is 2.38. The number of hydrogen-bond acceptors (Lipinski definition) is 7. The van der Waals surface area contributed by atoms with Gasteiger partial charge in [0, 0.05) is 12.0 Å². The van der Waals surface area contributed by atoms with Crippen molar-refractivity contribution >= 4 is 17.9 Å². The van der Waals surface area contributed by atoms with Crippen LogP contribution in [0.5, 0.6) is 0 Å². The molecule has 0 spiro atoms. The third kappa shape index (κ3) is 3.60. The largest absolute Gasteiger partial charge is 0.465 e. The van der Waals surface area contributed by atoms with Gasteiger partial charge in [0.1, 0.15) is 11.3 Å². The molecule has 1 aliphatic rings. The number of benzene rings is 1. The average molecular weight is 383 g/mol. The Morgan fingerprint density at radius 2 is 1.50 bits per heavy atom. The van der Waals surface area contributed by atoms with Gasteiger partial charge in [0.25, 0.3) is 0 Å². The second kappa shape index (κ2) is 7.07. The second-order valence-corrected chi connectivity index (χ2v) is 7.41. The van der Waals surface area contributed by atoms with Crippen LogP contribution in [0.2, 0.25) is 0 Å². The molecule has 7 heteroatoms. The summed E-state index contributed by atoms with van der Waals surface area (Å²) in [6.07, 6.45) is 0.423. The molecule has 1 aliphatic carbocycles. The molecular formula is C21H21NO6. The van der Waals surface area contributed by atoms with E-state index in [1.807, 2.05) is 0 Å². The molecule has 0 N–H and O–H groups in total. The first kappa shape index (κ1) is 19.5. The van der Waals surface area contributed by atoms with E-state index in [0.717, 1.165) is 16.7 Å². The molecule has 0 amide bonds. The predicted octanol–water partition coefficient (Wildman–Crippen LogP) is 3.18. The smallest absolute Gasteiger partial charge is 0.357 e. The lowest BCUT2D eigenvalue weighted by Gasteiger charge is -2.19. The van der Waals surface area contributed by atoms with Gasteiger partial charge in [-0.3, -0.25) is 0 Å². The van der Waals surface area contributed by atoms with Crippen LogP contribution in [0.15, 0.2) is 24.3 Å². The number of hydrogen-bond donors (Lipinski definition) is 0. The Kier molecular flexibility index (Phi) is 4.93. The number of aromatic nitrogens is 1. The summed E-state index contributed by atoms with van der Waals surface area (Å²) >= 11 is 0. The van der Waals surface area contributed by atoms with Gasteiger partial charge in [-0.05, 0) is 50.1 Å². The monoisotopic (exact) mass is 383 g/mol. The predicted molar refractivity (Wildman–Crippen MR) is 100 cm³/mol. The zero-order valence-electron chi connectivity index (χ0n) is 16.4. The molecule has 7 nitrogen and oxygen atoms in total. The second-order valence-electron chi connectivity index (χ2n) is 7.41. The number of ether oxygens (including phenoxy) is 3. The topological polar surface area (TPSA) is 91.8 Å². The van der Waals surface area contributed by atoms with E-state index in [2.05, 4.69) is 4.98 Å². The summed E-state index contributed by atoms with van der Waals surface area (Å²) in [6.45, 7) is 5.37. The Balaban J connectivity index is 2.04. The van der Waals surface area contributed by atoms with Crippen LogP contribution in [0.3, 0.4) is 0 Å². The Morgan fingerprint density at radius 1 is 0.893 bits per heavy atom. The van der Waals surface area contributed by atoms with Crippen LogP contribution in [0.4, 0.5) is 0 Å². The molecular weight excluding hydrogens is 362 g/mol. The molecule has 0 saturated heterocycles. The third-order valence-electron chi connectivity index (χ3n) is 4.28. The molecule has 28 heavy (non-hydrogen) atoms. The fraction of sp³-hybridized carbons (Fsp3) is 0.333. The lowest BCUT2D eigenvalue weighted by Crippen LogP contribution is -2.24. The minimum absolute atomic E-state index is 0.122. The highest BCUT2D eigenvalue weighted by molar-refractivity contribution is 6.05. The van der Waals surface area contributed by atoms with Crippen molar-refractivity contribution in [3.63, 3.8) is 0 Å². The maximum absolute atomic E-state index is 12.3. The zero-order valence-corrected chi connectivity index (χ0v) is 16.4. The van der Waals surface area contributed by atoms with Crippen molar-refractivity contribution in [3.05, 3.63) is 52.3 Å². The molecule has 0 aliphatic heterocycles. The molecule has 0 fully saturated rings. The van der Waals surface area contributed by atoms with Gasteiger partial charge in [-0.2, -0.15) is 0 Å². The van der Waals surface area contributed by atoms with Crippen LogP contribution < -0.4 is 0 Å². The van der Waals surface area contributed by atoms with Crippen LogP contribution in [-0.2, 0) is 20.6 Å². The summed E-state index contributed by atoms with van der Waals surface area (Å²) in [6, 6.07) is 6.58. The lowest BCUT2D eigenvalue weighted by atomic mass is 9.98. The van der Waals surface area contributed by atoms with Gasteiger partial charge < -0.3 is 14.2 Å². The van der Waals surface area contributed by atoms with Gasteiger partial charge in [-0.25, -0.2) is 19.4 Å². The van der Waals surface area contributed by atoms with E-state index in [4.69, 9.17) is 14.2 Å². The van der Waals surface area contributed by atoms with Crippen molar-refractivity contribution in [2.75, 3.05) is 14.2 Å². The van der Waals surface area contributed by atoms with Crippen molar-refractivity contribution in [2.24, 2.45) is 0 Å². The quantitative estimate of drug-likeness (QED) is 0.507. The van der Waals surface area contributed by atoms with Gasteiger partial charge in [0.2, 0.25) is 0 Å². The fourth-order valence-electron chi connectivity index (χ4n) is 3.10. The molecule has 0 bridgehead atoms. The minimum Gasteiger partial charge on any atom is -0.465 e. The van der Waals surface area contributed by atoms with E-state index in [9.17, 15) is 14.4 Å². The molecule has 0 radical (unpaired) electrons. The summed E-state index contributed by atoms with van der Waals surface area (Å²) in [7, 11) is 2.50. The van der Waals surface area contributed by atoms with Crippen molar-refractivity contribution in [3.8, 4) is 11.1 Å². The third-order valence-corrected chi connectivity index (χ3v) is 4.28. The molecule has 0 atom stereocenters. The number of esters is 3.